The molecular weight excluding hydrogens is 664 g/mol. The van der Waals surface area contributed by atoms with Crippen molar-refractivity contribution in [3.05, 3.63) is 36.4 Å². The summed E-state index contributed by atoms with van der Waals surface area (Å²) in [6.07, 6.45) is -18.4. The fraction of sp³-hybridized carbons (Fsp3) is 0.433. The van der Waals surface area contributed by atoms with Gasteiger partial charge in [-0.15, -0.1) is 0 Å². The molecule has 2 saturated heterocycles. The molecule has 5 rings (SSSR count). The first-order chi connectivity index (χ1) is 23.2. The van der Waals surface area contributed by atoms with Crippen LogP contribution >= 0.6 is 0 Å². The lowest BCUT2D eigenvalue weighted by molar-refractivity contribution is -0.278. The monoisotopic (exact) mass is 697 g/mol. The highest BCUT2D eigenvalue weighted by atomic mass is 16.7. The van der Waals surface area contributed by atoms with E-state index in [1.165, 1.54) is 12.1 Å². The smallest absolute Gasteiger partial charge is 0.402 e. The molecule has 2 aliphatic heterocycles. The Kier molecular flexibility index (Phi) is 10.6. The van der Waals surface area contributed by atoms with Gasteiger partial charge < -0.3 is 79.9 Å². The number of carbonyl (C=O) groups is 2. The van der Waals surface area contributed by atoms with Crippen LogP contribution in [0.4, 0.5) is 0 Å². The Bertz CT molecular complexity index is 1680. The zero-order valence-corrected chi connectivity index (χ0v) is 25.0. The molecule has 0 aliphatic carbocycles. The number of ether oxygens (including phenoxy) is 5. The number of rotatable bonds is 10. The van der Waals surface area contributed by atoms with Gasteiger partial charge in [0.2, 0.25) is 18.3 Å². The molecule has 10 atom stereocenters. The van der Waals surface area contributed by atoms with E-state index in [4.69, 9.17) is 33.2 Å². The zero-order valence-electron chi connectivity index (χ0n) is 25.0. The maximum Gasteiger partial charge on any atom is 0.402 e. The van der Waals surface area contributed by atoms with Crippen LogP contribution in [0.1, 0.15) is 6.42 Å². The molecule has 266 valence electrons. The molecule has 49 heavy (non-hydrogen) atoms. The van der Waals surface area contributed by atoms with Gasteiger partial charge in [0.05, 0.1) is 18.2 Å². The highest BCUT2D eigenvalue weighted by Gasteiger charge is 2.47. The predicted molar refractivity (Wildman–Crippen MR) is 156 cm³/mol. The maximum atomic E-state index is 11.7. The quantitative estimate of drug-likeness (QED) is 0.0613. The van der Waals surface area contributed by atoms with Crippen molar-refractivity contribution in [2.75, 3.05) is 13.2 Å². The Hall–Kier alpha value is -4.57. The summed E-state index contributed by atoms with van der Waals surface area (Å²) in [4.78, 5) is 22.5. The van der Waals surface area contributed by atoms with Crippen LogP contribution in [0.2, 0.25) is 0 Å². The third-order valence-electron chi connectivity index (χ3n) is 7.75. The van der Waals surface area contributed by atoms with Crippen LogP contribution < -0.4 is 9.47 Å². The Morgan fingerprint density at radius 2 is 1.35 bits per heavy atom. The molecule has 19 heteroatoms. The van der Waals surface area contributed by atoms with E-state index in [1.807, 2.05) is 0 Å². The number of hydrogen-bond acceptors (Lipinski definition) is 17. The van der Waals surface area contributed by atoms with Crippen molar-refractivity contribution in [3.63, 3.8) is 0 Å². The number of hydrogen-bond donors (Lipinski definition) is 11. The van der Waals surface area contributed by atoms with Gasteiger partial charge in [-0.3, -0.25) is 9.59 Å². The summed E-state index contributed by atoms with van der Waals surface area (Å²) in [7, 11) is 0. The van der Waals surface area contributed by atoms with Crippen LogP contribution in [0.15, 0.2) is 40.8 Å². The van der Waals surface area contributed by atoms with E-state index in [0.29, 0.717) is 0 Å². The van der Waals surface area contributed by atoms with E-state index in [9.17, 15) is 60.7 Å². The average molecular weight is 698 g/mol. The van der Waals surface area contributed by atoms with Crippen molar-refractivity contribution >= 4 is 22.9 Å². The van der Waals surface area contributed by atoms with Gasteiger partial charge in [-0.2, -0.15) is 0 Å². The molecule has 2 fully saturated rings. The SMILES string of the molecule is O=C(O)CC(=O)OC[C@H]1O[C@@H](Oc2cc3c(O)cc(O)cc3[o+]c2-c2ccc(O)c(O[C@@H]3O[C@H](CO)[C@@H](O)[C@H](O)[C@H]3O)c2)[C@H](O)[C@@H](O)[C@@H]1O. The van der Waals surface area contributed by atoms with Crippen LogP contribution in [-0.2, 0) is 23.8 Å². The fourth-order valence-corrected chi connectivity index (χ4v) is 5.14. The molecule has 3 aromatic rings. The number of carbonyl (C=O) groups excluding carboxylic acids is 1. The molecule has 1 aromatic heterocycles. The van der Waals surface area contributed by atoms with Crippen molar-refractivity contribution in [2.45, 2.75) is 67.8 Å². The molecule has 19 nitrogen and oxygen atoms in total. The number of aliphatic hydroxyl groups is 7. The highest BCUT2D eigenvalue weighted by molar-refractivity contribution is 5.90. The van der Waals surface area contributed by atoms with Gasteiger partial charge in [0.25, 0.3) is 0 Å². The van der Waals surface area contributed by atoms with E-state index in [0.717, 1.165) is 24.3 Å². The average Bonchev–Trinajstić information content (AvgIpc) is 3.05. The lowest BCUT2D eigenvalue weighted by Crippen LogP contribution is -2.60. The first kappa shape index (κ1) is 35.7. The van der Waals surface area contributed by atoms with Gasteiger partial charge in [0.15, 0.2) is 11.5 Å². The molecule has 2 aromatic carbocycles. The summed E-state index contributed by atoms with van der Waals surface area (Å²) in [5.41, 5.74) is -0.0738. The molecule has 0 unspecified atom stereocenters. The van der Waals surface area contributed by atoms with Crippen molar-refractivity contribution in [3.8, 4) is 40.1 Å². The number of phenols is 3. The summed E-state index contributed by atoms with van der Waals surface area (Å²) in [6, 6.07) is 6.88. The van der Waals surface area contributed by atoms with Crippen molar-refractivity contribution in [1.29, 1.82) is 0 Å². The second-order valence-corrected chi connectivity index (χ2v) is 11.2. The number of aromatic hydroxyl groups is 3. The van der Waals surface area contributed by atoms with Crippen LogP contribution in [0.3, 0.4) is 0 Å². The Labute approximate surface area is 274 Å². The molecular formula is C30H33O19+. The second-order valence-electron chi connectivity index (χ2n) is 11.2. The summed E-state index contributed by atoms with van der Waals surface area (Å²) in [5, 5.41) is 112. The van der Waals surface area contributed by atoms with Crippen LogP contribution in [0.25, 0.3) is 22.3 Å². The molecule has 0 saturated carbocycles. The van der Waals surface area contributed by atoms with Crippen molar-refractivity contribution in [1.82, 2.24) is 0 Å². The Balaban J connectivity index is 1.50. The third kappa shape index (κ3) is 7.54. The minimum absolute atomic E-state index is 0.0295. The summed E-state index contributed by atoms with van der Waals surface area (Å²) < 4.78 is 33.1. The number of aliphatic hydroxyl groups excluding tert-OH is 7. The standard InChI is InChI=1S/C30H32O19/c31-8-18-22(38)24(40)26(42)29(48-18)46-16-3-10(1-2-13(16)33)28-17(6-12-14(34)4-11(32)5-15(12)45-28)47-30-27(43)25(41)23(39)19(49-30)9-44-21(37)7-20(35)36/h1-6,18-19,22-27,29-31,38-43H,7-9H2,(H3-,32,33,34,35,36)/p+1/t18-,19-,22-,23-,24+,25+,26-,27-,29-,30-/m1/s1. The van der Waals surface area contributed by atoms with Crippen molar-refractivity contribution in [2.24, 2.45) is 0 Å². The number of benzene rings is 2. The lowest BCUT2D eigenvalue weighted by atomic mass is 9.99. The van der Waals surface area contributed by atoms with E-state index in [-0.39, 0.29) is 33.8 Å². The first-order valence-corrected chi connectivity index (χ1v) is 14.6. The number of carboxylic acid groups (broad SMARTS) is 1. The largest absolute Gasteiger partial charge is 0.507 e. The van der Waals surface area contributed by atoms with Gasteiger partial charge in [-0.1, -0.05) is 0 Å². The van der Waals surface area contributed by atoms with Gasteiger partial charge in [-0.25, -0.2) is 4.42 Å². The summed E-state index contributed by atoms with van der Waals surface area (Å²) in [5.74, 6) is -4.97. The molecule has 3 heterocycles. The first-order valence-electron chi connectivity index (χ1n) is 14.6. The van der Waals surface area contributed by atoms with Gasteiger partial charge in [0, 0.05) is 18.2 Å². The third-order valence-corrected chi connectivity index (χ3v) is 7.75. The lowest BCUT2D eigenvalue weighted by Gasteiger charge is -2.39. The van der Waals surface area contributed by atoms with E-state index < -0.39 is 110 Å². The van der Waals surface area contributed by atoms with Crippen LogP contribution in [0, 0.1) is 0 Å². The number of fused-ring (bicyclic) bond motifs is 1. The minimum atomic E-state index is -1.94. The van der Waals surface area contributed by atoms with E-state index in [1.54, 1.807) is 0 Å². The van der Waals surface area contributed by atoms with Crippen LogP contribution in [0.5, 0.6) is 28.7 Å². The van der Waals surface area contributed by atoms with Crippen LogP contribution in [-0.4, -0.2) is 143 Å². The molecule has 0 bridgehead atoms. The number of aliphatic carboxylic acids is 1. The topological polar surface area (TPSA) is 314 Å². The molecule has 0 amide bonds. The maximum absolute atomic E-state index is 11.7. The number of esters is 1. The predicted octanol–water partition coefficient (Wildman–Crippen LogP) is -2.12. The normalized spacial score (nSPS) is 30.1. The fourth-order valence-electron chi connectivity index (χ4n) is 5.14. The number of carboxylic acids is 1. The van der Waals surface area contributed by atoms with Gasteiger partial charge in [-0.05, 0) is 12.1 Å². The zero-order chi connectivity index (χ0) is 35.7. The molecule has 2 aliphatic rings. The minimum Gasteiger partial charge on any atom is -0.507 e. The Morgan fingerprint density at radius 3 is 1.98 bits per heavy atom. The summed E-state index contributed by atoms with van der Waals surface area (Å²) >= 11 is 0. The summed E-state index contributed by atoms with van der Waals surface area (Å²) in [6.45, 7) is -1.50. The highest BCUT2D eigenvalue weighted by Crippen LogP contribution is 2.43. The molecule has 11 N–H and O–H groups in total. The Morgan fingerprint density at radius 1 is 0.735 bits per heavy atom. The van der Waals surface area contributed by atoms with Gasteiger partial charge in [0.1, 0.15) is 78.7 Å². The molecule has 0 radical (unpaired) electrons. The number of phenolic OH excluding ortho intramolecular Hbond substituents is 3. The van der Waals surface area contributed by atoms with Crippen molar-refractivity contribution < 1.29 is 93.9 Å². The molecule has 0 spiro atoms. The van der Waals surface area contributed by atoms with E-state index >= 15 is 0 Å². The van der Waals surface area contributed by atoms with E-state index in [2.05, 4.69) is 0 Å². The van der Waals surface area contributed by atoms with Gasteiger partial charge >= 0.3 is 23.3 Å². The second kappa shape index (κ2) is 14.5.